The monoisotopic (exact) mass is 373 g/mol. The van der Waals surface area contributed by atoms with Crippen molar-refractivity contribution in [1.82, 2.24) is 4.90 Å². The first kappa shape index (κ1) is 19.8. The number of nitrogens with zero attached hydrogens (tertiary/aromatic N) is 1. The maximum Gasteiger partial charge on any atom is 0.306 e. The van der Waals surface area contributed by atoms with Crippen LogP contribution in [0.4, 0.5) is 0 Å². The highest BCUT2D eigenvalue weighted by Gasteiger charge is 2.19. The predicted octanol–water partition coefficient (Wildman–Crippen LogP) is 3.69. The van der Waals surface area contributed by atoms with Gasteiger partial charge in [-0.1, -0.05) is 36.4 Å². The summed E-state index contributed by atoms with van der Waals surface area (Å²) >= 11 is 1.35. The van der Waals surface area contributed by atoms with Crippen LogP contribution in [-0.2, 0) is 20.9 Å². The lowest BCUT2D eigenvalue weighted by atomic mass is 10.2. The van der Waals surface area contributed by atoms with E-state index >= 15 is 0 Å². The summed E-state index contributed by atoms with van der Waals surface area (Å²) in [5.41, 5.74) is 1.02. The first-order chi connectivity index (χ1) is 12.5. The Morgan fingerprint density at radius 3 is 2.38 bits per heavy atom. The van der Waals surface area contributed by atoms with Crippen LogP contribution in [0, 0.1) is 0 Å². The van der Waals surface area contributed by atoms with Crippen LogP contribution in [0.3, 0.4) is 0 Å². The zero-order valence-electron chi connectivity index (χ0n) is 15.0. The maximum absolute atomic E-state index is 12.4. The molecule has 138 valence electrons. The molecule has 0 aliphatic heterocycles. The Hall–Kier alpha value is -2.47. The van der Waals surface area contributed by atoms with Crippen LogP contribution in [-0.4, -0.2) is 35.2 Å². The smallest absolute Gasteiger partial charge is 0.306 e. The number of Topliss-reactive ketones (excluding diaryl/α,β-unsaturated/α-hetero) is 1. The summed E-state index contributed by atoms with van der Waals surface area (Å²) in [6.45, 7) is 3.99. The Kier molecular flexibility index (Phi) is 7.53. The number of thiophene rings is 1. The van der Waals surface area contributed by atoms with Gasteiger partial charge >= 0.3 is 5.97 Å². The van der Waals surface area contributed by atoms with Gasteiger partial charge in [-0.05, 0) is 30.9 Å². The number of esters is 1. The highest BCUT2D eigenvalue weighted by molar-refractivity contribution is 7.12. The Morgan fingerprint density at radius 2 is 1.77 bits per heavy atom. The molecule has 0 aliphatic rings. The van der Waals surface area contributed by atoms with Crippen molar-refractivity contribution in [3.63, 3.8) is 0 Å². The van der Waals surface area contributed by atoms with Crippen molar-refractivity contribution in [1.29, 1.82) is 0 Å². The van der Waals surface area contributed by atoms with E-state index < -0.39 is 5.97 Å². The van der Waals surface area contributed by atoms with E-state index in [2.05, 4.69) is 0 Å². The fraction of sp³-hybridized carbons (Fsp3) is 0.350. The minimum Gasteiger partial charge on any atom is -0.456 e. The first-order valence-electron chi connectivity index (χ1n) is 8.53. The Labute approximate surface area is 157 Å². The largest absolute Gasteiger partial charge is 0.456 e. The molecular formula is C20H23NO4S. The zero-order valence-corrected chi connectivity index (χ0v) is 15.8. The van der Waals surface area contributed by atoms with E-state index in [0.29, 0.717) is 11.4 Å². The minimum atomic E-state index is -0.535. The van der Waals surface area contributed by atoms with Crippen LogP contribution < -0.4 is 0 Å². The van der Waals surface area contributed by atoms with Crippen molar-refractivity contribution in [3.05, 3.63) is 58.3 Å². The molecule has 0 saturated carbocycles. The molecule has 0 bridgehead atoms. The second-order valence-corrected chi connectivity index (χ2v) is 7.11. The maximum atomic E-state index is 12.4. The van der Waals surface area contributed by atoms with E-state index in [1.807, 2.05) is 49.6 Å². The number of ether oxygens (including phenoxy) is 1. The molecular weight excluding hydrogens is 350 g/mol. The summed E-state index contributed by atoms with van der Waals surface area (Å²) in [6, 6.07) is 13.2. The molecule has 0 aliphatic carbocycles. The van der Waals surface area contributed by atoms with E-state index in [1.165, 1.54) is 11.3 Å². The third-order valence-corrected chi connectivity index (χ3v) is 4.76. The van der Waals surface area contributed by atoms with E-state index in [0.717, 1.165) is 5.56 Å². The highest BCUT2D eigenvalue weighted by atomic mass is 32.1. The summed E-state index contributed by atoms with van der Waals surface area (Å²) in [5, 5.41) is 1.82. The van der Waals surface area contributed by atoms with Gasteiger partial charge in [0, 0.05) is 19.0 Å². The molecule has 0 fully saturated rings. The van der Waals surface area contributed by atoms with Crippen LogP contribution in [0.2, 0.25) is 0 Å². The molecule has 1 aromatic carbocycles. The summed E-state index contributed by atoms with van der Waals surface area (Å²) in [6.07, 6.45) is 0.0653. The molecule has 1 heterocycles. The van der Waals surface area contributed by atoms with E-state index in [1.54, 1.807) is 17.0 Å². The summed E-state index contributed by atoms with van der Waals surface area (Å²) in [4.78, 5) is 38.4. The minimum absolute atomic E-state index is 0.0122. The lowest BCUT2D eigenvalue weighted by Gasteiger charge is -2.26. The van der Waals surface area contributed by atoms with Gasteiger partial charge in [-0.15, -0.1) is 11.3 Å². The van der Waals surface area contributed by atoms with E-state index in [9.17, 15) is 14.4 Å². The van der Waals surface area contributed by atoms with Gasteiger partial charge in [-0.3, -0.25) is 14.4 Å². The molecule has 1 aromatic heterocycles. The molecule has 0 unspecified atom stereocenters. The number of carbonyl (C=O) groups is 3. The quantitative estimate of drug-likeness (QED) is 0.497. The Balaban J connectivity index is 1.79. The molecule has 0 radical (unpaired) electrons. The fourth-order valence-corrected chi connectivity index (χ4v) is 3.11. The van der Waals surface area contributed by atoms with Crippen LogP contribution in [0.15, 0.2) is 47.8 Å². The molecule has 26 heavy (non-hydrogen) atoms. The SMILES string of the molecule is CC(C)N(Cc1ccccc1)C(=O)COC(=O)CCC(=O)c1cccs1. The van der Waals surface area contributed by atoms with Crippen molar-refractivity contribution >= 4 is 29.0 Å². The predicted molar refractivity (Wildman–Crippen MR) is 101 cm³/mol. The Bertz CT molecular complexity index is 726. The molecule has 0 N–H and O–H groups in total. The number of carbonyl (C=O) groups excluding carboxylic acids is 3. The molecule has 0 atom stereocenters. The van der Waals surface area contributed by atoms with Crippen LogP contribution in [0.5, 0.6) is 0 Å². The van der Waals surface area contributed by atoms with Gasteiger partial charge in [0.1, 0.15) is 0 Å². The van der Waals surface area contributed by atoms with Crippen molar-refractivity contribution in [2.75, 3.05) is 6.61 Å². The average Bonchev–Trinajstić information content (AvgIpc) is 3.17. The first-order valence-corrected chi connectivity index (χ1v) is 9.41. The van der Waals surface area contributed by atoms with Gasteiger partial charge in [0.05, 0.1) is 11.3 Å². The van der Waals surface area contributed by atoms with Gasteiger partial charge < -0.3 is 9.64 Å². The van der Waals surface area contributed by atoms with Gasteiger partial charge in [-0.25, -0.2) is 0 Å². The molecule has 2 rings (SSSR count). The van der Waals surface area contributed by atoms with Gasteiger partial charge in [0.25, 0.3) is 5.91 Å². The third kappa shape index (κ3) is 6.11. The molecule has 2 aromatic rings. The molecule has 0 saturated heterocycles. The lowest BCUT2D eigenvalue weighted by molar-refractivity contribution is -0.153. The molecule has 5 nitrogen and oxygen atoms in total. The molecule has 6 heteroatoms. The van der Waals surface area contributed by atoms with Crippen molar-refractivity contribution in [2.45, 2.75) is 39.3 Å². The summed E-state index contributed by atoms with van der Waals surface area (Å²) < 4.78 is 5.06. The third-order valence-electron chi connectivity index (χ3n) is 3.85. The zero-order chi connectivity index (χ0) is 18.9. The number of amides is 1. The summed E-state index contributed by atoms with van der Waals surface area (Å²) in [5.74, 6) is -0.871. The number of hydrogen-bond acceptors (Lipinski definition) is 5. The fourth-order valence-electron chi connectivity index (χ4n) is 2.41. The number of ketones is 1. The van der Waals surface area contributed by atoms with Gasteiger partial charge in [0.2, 0.25) is 0 Å². The lowest BCUT2D eigenvalue weighted by Crippen LogP contribution is -2.39. The van der Waals surface area contributed by atoms with Crippen molar-refractivity contribution < 1.29 is 19.1 Å². The topological polar surface area (TPSA) is 63.7 Å². The standard InChI is InChI=1S/C20H23NO4S/c1-15(2)21(13-16-7-4-3-5-8-16)19(23)14-25-20(24)11-10-17(22)18-9-6-12-26-18/h3-9,12,15H,10-11,13-14H2,1-2H3. The molecule has 0 spiro atoms. The van der Waals surface area contributed by atoms with E-state index in [-0.39, 0.29) is 37.2 Å². The molecule has 1 amide bonds. The van der Waals surface area contributed by atoms with Crippen molar-refractivity contribution in [3.8, 4) is 0 Å². The second-order valence-electron chi connectivity index (χ2n) is 6.16. The second kappa shape index (κ2) is 9.87. The Morgan fingerprint density at radius 1 is 1.04 bits per heavy atom. The van der Waals surface area contributed by atoms with E-state index in [4.69, 9.17) is 4.74 Å². The summed E-state index contributed by atoms with van der Waals surface area (Å²) in [7, 11) is 0. The normalized spacial score (nSPS) is 10.6. The average molecular weight is 373 g/mol. The van der Waals surface area contributed by atoms with Gasteiger partial charge in [0.15, 0.2) is 12.4 Å². The van der Waals surface area contributed by atoms with Gasteiger partial charge in [-0.2, -0.15) is 0 Å². The number of hydrogen-bond donors (Lipinski definition) is 0. The van der Waals surface area contributed by atoms with Crippen LogP contribution in [0.1, 0.15) is 41.9 Å². The number of rotatable bonds is 9. The van der Waals surface area contributed by atoms with Crippen LogP contribution >= 0.6 is 11.3 Å². The van der Waals surface area contributed by atoms with Crippen molar-refractivity contribution in [2.24, 2.45) is 0 Å². The van der Waals surface area contributed by atoms with Crippen LogP contribution in [0.25, 0.3) is 0 Å². The highest BCUT2D eigenvalue weighted by Crippen LogP contribution is 2.13. The number of benzene rings is 1.